The van der Waals surface area contributed by atoms with Crippen molar-refractivity contribution in [3.05, 3.63) is 46.5 Å². The summed E-state index contributed by atoms with van der Waals surface area (Å²) < 4.78 is 2.93. The molecule has 0 spiro atoms. The smallest absolute Gasteiger partial charge is 0.182 e. The Morgan fingerprint density at radius 1 is 1.16 bits per heavy atom. The Balaban J connectivity index is 2.74. The van der Waals surface area contributed by atoms with E-state index in [9.17, 15) is 0 Å². The molecule has 2 aromatic rings. The third kappa shape index (κ3) is 2.66. The van der Waals surface area contributed by atoms with Crippen LogP contribution in [-0.4, -0.2) is 9.55 Å². The molecule has 0 saturated carbocycles. The lowest BCUT2D eigenvalue weighted by atomic mass is 9.85. The predicted molar refractivity (Wildman–Crippen MR) is 83.7 cm³/mol. The van der Waals surface area contributed by atoms with Gasteiger partial charge in [0.1, 0.15) is 0 Å². The Hall–Kier alpha value is -1.35. The molecule has 0 saturated heterocycles. The van der Waals surface area contributed by atoms with Crippen LogP contribution in [0.1, 0.15) is 51.8 Å². The molecular formula is C16H22N2S. The molecule has 0 unspecified atom stereocenters. The Bertz CT molecular complexity index is 627. The number of para-hydroxylation sites is 1. The van der Waals surface area contributed by atoms with Gasteiger partial charge in [-0.1, -0.05) is 52.8 Å². The van der Waals surface area contributed by atoms with Crippen molar-refractivity contribution in [2.45, 2.75) is 46.0 Å². The van der Waals surface area contributed by atoms with E-state index in [-0.39, 0.29) is 5.41 Å². The molecule has 0 aliphatic carbocycles. The van der Waals surface area contributed by atoms with Crippen molar-refractivity contribution in [2.75, 3.05) is 0 Å². The summed E-state index contributed by atoms with van der Waals surface area (Å²) in [4.78, 5) is 3.17. The van der Waals surface area contributed by atoms with Gasteiger partial charge in [0.15, 0.2) is 4.77 Å². The number of nitrogens with zero attached hydrogens (tertiary/aromatic N) is 1. The zero-order valence-electron chi connectivity index (χ0n) is 12.3. The Kier molecular flexibility index (Phi) is 3.68. The molecule has 0 aliphatic heterocycles. The van der Waals surface area contributed by atoms with Gasteiger partial charge >= 0.3 is 0 Å². The maximum absolute atomic E-state index is 5.46. The van der Waals surface area contributed by atoms with Crippen LogP contribution in [0.4, 0.5) is 0 Å². The Morgan fingerprint density at radius 2 is 1.79 bits per heavy atom. The molecule has 0 amide bonds. The average Bonchev–Trinajstić information content (AvgIpc) is 2.70. The van der Waals surface area contributed by atoms with Crippen LogP contribution in [-0.2, 0) is 5.41 Å². The van der Waals surface area contributed by atoms with E-state index in [0.717, 1.165) is 4.77 Å². The number of hydrogen-bond donors (Lipinski definition) is 1. The summed E-state index contributed by atoms with van der Waals surface area (Å²) in [5, 5.41) is 0. The highest BCUT2D eigenvalue weighted by Gasteiger charge is 2.20. The van der Waals surface area contributed by atoms with E-state index in [4.69, 9.17) is 12.2 Å². The van der Waals surface area contributed by atoms with E-state index in [1.165, 1.54) is 16.9 Å². The molecule has 0 atom stereocenters. The summed E-state index contributed by atoms with van der Waals surface area (Å²) in [5.41, 5.74) is 3.82. The molecule has 0 bridgehead atoms. The molecule has 1 N–H and O–H groups in total. The summed E-state index contributed by atoms with van der Waals surface area (Å²) in [6, 6.07) is 8.50. The van der Waals surface area contributed by atoms with Crippen molar-refractivity contribution in [3.8, 4) is 5.69 Å². The van der Waals surface area contributed by atoms with Crippen molar-refractivity contribution in [1.82, 2.24) is 9.55 Å². The van der Waals surface area contributed by atoms with Gasteiger partial charge in [0.05, 0.1) is 5.69 Å². The third-order valence-electron chi connectivity index (χ3n) is 3.35. The summed E-state index contributed by atoms with van der Waals surface area (Å²) in [5.74, 6) is 0.431. The molecule has 0 fully saturated rings. The Labute approximate surface area is 120 Å². The van der Waals surface area contributed by atoms with Gasteiger partial charge in [-0.3, -0.25) is 4.57 Å². The van der Waals surface area contributed by atoms with Gasteiger partial charge in [-0.2, -0.15) is 0 Å². The van der Waals surface area contributed by atoms with Crippen LogP contribution in [0, 0.1) is 4.77 Å². The van der Waals surface area contributed by atoms with Crippen LogP contribution in [0.3, 0.4) is 0 Å². The zero-order valence-corrected chi connectivity index (χ0v) is 13.1. The number of nitrogens with one attached hydrogen (secondary N) is 1. The first-order valence-electron chi connectivity index (χ1n) is 6.72. The monoisotopic (exact) mass is 274 g/mol. The molecule has 19 heavy (non-hydrogen) atoms. The number of H-pyrrole nitrogens is 1. The first-order valence-corrected chi connectivity index (χ1v) is 7.13. The third-order valence-corrected chi connectivity index (χ3v) is 3.65. The van der Waals surface area contributed by atoms with Gasteiger partial charge in [0, 0.05) is 11.9 Å². The van der Waals surface area contributed by atoms with E-state index >= 15 is 0 Å². The molecule has 1 aromatic heterocycles. The number of benzene rings is 1. The summed E-state index contributed by atoms with van der Waals surface area (Å²) in [7, 11) is 0. The van der Waals surface area contributed by atoms with Crippen LogP contribution < -0.4 is 0 Å². The standard InChI is InChI=1S/C16H22N2S/c1-11(2)14-10-17-15(19)18(14)13-9-7-6-8-12(13)16(3,4)5/h6-11H,1-5H3,(H,17,19). The van der Waals surface area contributed by atoms with Crippen molar-refractivity contribution < 1.29 is 0 Å². The van der Waals surface area contributed by atoms with Gasteiger partial charge in [0.2, 0.25) is 0 Å². The molecule has 2 nitrogen and oxygen atoms in total. The molecule has 102 valence electrons. The maximum atomic E-state index is 5.46. The second-order valence-corrected chi connectivity index (χ2v) is 6.66. The summed E-state index contributed by atoms with van der Waals surface area (Å²) in [6.45, 7) is 11.1. The maximum Gasteiger partial charge on any atom is 0.182 e. The molecule has 3 heteroatoms. The Morgan fingerprint density at radius 3 is 2.37 bits per heavy atom. The second kappa shape index (κ2) is 4.97. The van der Waals surface area contributed by atoms with E-state index < -0.39 is 0 Å². The van der Waals surface area contributed by atoms with Gasteiger partial charge in [-0.15, -0.1) is 0 Å². The second-order valence-electron chi connectivity index (χ2n) is 6.28. The minimum atomic E-state index is 0.0941. The van der Waals surface area contributed by atoms with Gasteiger partial charge in [-0.25, -0.2) is 0 Å². The van der Waals surface area contributed by atoms with Crippen LogP contribution in [0.2, 0.25) is 0 Å². The number of aromatic amines is 1. The van der Waals surface area contributed by atoms with Crippen LogP contribution >= 0.6 is 12.2 Å². The summed E-state index contributed by atoms with van der Waals surface area (Å²) >= 11 is 5.46. The van der Waals surface area contributed by atoms with Gasteiger partial charge in [0.25, 0.3) is 0 Å². The highest BCUT2D eigenvalue weighted by Crippen LogP contribution is 2.30. The largest absolute Gasteiger partial charge is 0.337 e. The van der Waals surface area contributed by atoms with Crippen molar-refractivity contribution >= 4 is 12.2 Å². The normalized spacial score (nSPS) is 12.1. The van der Waals surface area contributed by atoms with E-state index in [1.54, 1.807) is 0 Å². The van der Waals surface area contributed by atoms with Gasteiger partial charge in [-0.05, 0) is 35.2 Å². The predicted octanol–water partition coefficient (Wildman–Crippen LogP) is 4.96. The molecule has 2 rings (SSSR count). The average molecular weight is 274 g/mol. The number of hydrogen-bond acceptors (Lipinski definition) is 1. The molecule has 0 aliphatic rings. The zero-order chi connectivity index (χ0) is 14.2. The molecule has 0 radical (unpaired) electrons. The fourth-order valence-electron chi connectivity index (χ4n) is 2.36. The van der Waals surface area contributed by atoms with E-state index in [1.807, 2.05) is 6.20 Å². The molecule has 1 heterocycles. The lowest BCUT2D eigenvalue weighted by Crippen LogP contribution is -2.16. The van der Waals surface area contributed by atoms with Crippen LogP contribution in [0.5, 0.6) is 0 Å². The first-order chi connectivity index (χ1) is 8.82. The van der Waals surface area contributed by atoms with Crippen molar-refractivity contribution in [2.24, 2.45) is 0 Å². The minimum Gasteiger partial charge on any atom is -0.337 e. The van der Waals surface area contributed by atoms with Gasteiger partial charge < -0.3 is 4.98 Å². The lowest BCUT2D eigenvalue weighted by molar-refractivity contribution is 0.584. The fraction of sp³-hybridized carbons (Fsp3) is 0.438. The van der Waals surface area contributed by atoms with Crippen molar-refractivity contribution in [1.29, 1.82) is 0 Å². The minimum absolute atomic E-state index is 0.0941. The first kappa shape index (κ1) is 14.1. The summed E-state index contributed by atoms with van der Waals surface area (Å²) in [6.07, 6.45) is 2.02. The molecular weight excluding hydrogens is 252 g/mol. The quantitative estimate of drug-likeness (QED) is 0.768. The highest BCUT2D eigenvalue weighted by molar-refractivity contribution is 7.71. The SMILES string of the molecule is CC(C)c1c[nH]c(=S)n1-c1ccccc1C(C)(C)C. The molecule has 1 aromatic carbocycles. The number of aromatic nitrogens is 2. The fourth-order valence-corrected chi connectivity index (χ4v) is 2.62. The number of rotatable bonds is 2. The highest BCUT2D eigenvalue weighted by atomic mass is 32.1. The van der Waals surface area contributed by atoms with Crippen LogP contribution in [0.25, 0.3) is 5.69 Å². The van der Waals surface area contributed by atoms with Crippen LogP contribution in [0.15, 0.2) is 30.5 Å². The van der Waals surface area contributed by atoms with E-state index in [2.05, 4.69) is 68.4 Å². The lowest BCUT2D eigenvalue weighted by Gasteiger charge is -2.24. The topological polar surface area (TPSA) is 20.7 Å². The number of imidazole rings is 1. The van der Waals surface area contributed by atoms with Crippen molar-refractivity contribution in [3.63, 3.8) is 0 Å². The van der Waals surface area contributed by atoms with E-state index in [0.29, 0.717) is 5.92 Å².